The molecule has 0 amide bonds. The van der Waals surface area contributed by atoms with E-state index >= 15 is 0 Å². The van der Waals surface area contributed by atoms with Gasteiger partial charge in [0.25, 0.3) is 0 Å². The van der Waals surface area contributed by atoms with Gasteiger partial charge in [0.15, 0.2) is 0 Å². The first kappa shape index (κ1) is 8.53. The Hall–Kier alpha value is -1.57. The van der Waals surface area contributed by atoms with E-state index in [0.29, 0.717) is 0 Å². The molecule has 0 saturated heterocycles. The zero-order chi connectivity index (χ0) is 8.65. The van der Waals surface area contributed by atoms with Gasteiger partial charge >= 0.3 is 0 Å². The van der Waals surface area contributed by atoms with Gasteiger partial charge in [-0.2, -0.15) is 0 Å². The average Bonchev–Trinajstić information content (AvgIpc) is 2.14. The van der Waals surface area contributed by atoms with E-state index < -0.39 is 0 Å². The van der Waals surface area contributed by atoms with Gasteiger partial charge in [0.2, 0.25) is 0 Å². The second kappa shape index (κ2) is 5.13. The molecule has 0 radical (unpaired) electrons. The predicted octanol–water partition coefficient (Wildman–Crippen LogP) is 1.49. The Labute approximate surface area is 71.9 Å². The van der Waals surface area contributed by atoms with Crippen LogP contribution < -0.4 is 5.32 Å². The van der Waals surface area contributed by atoms with Gasteiger partial charge in [-0.25, -0.2) is 0 Å². The summed E-state index contributed by atoms with van der Waals surface area (Å²) < 4.78 is 0. The van der Waals surface area contributed by atoms with Crippen LogP contribution in [0, 0.1) is 0 Å². The van der Waals surface area contributed by atoms with Crippen molar-refractivity contribution in [1.29, 1.82) is 0 Å². The maximum atomic E-state index is 9.89. The Bertz CT molecular complexity index is 254. The Morgan fingerprint density at radius 2 is 2.00 bits per heavy atom. The number of benzene rings is 1. The number of rotatable bonds is 4. The third-order valence-electron chi connectivity index (χ3n) is 1.44. The van der Waals surface area contributed by atoms with Crippen LogP contribution in [0.25, 0.3) is 0 Å². The lowest BCUT2D eigenvalue weighted by Crippen LogP contribution is -2.03. The second-order valence-corrected chi connectivity index (χ2v) is 2.36. The number of nitrogens with one attached hydrogen (secondary N) is 1. The molecule has 0 aromatic heterocycles. The maximum Gasteiger partial charge on any atom is 0.144 e. The molecule has 0 saturated carbocycles. The van der Waals surface area contributed by atoms with E-state index in [2.05, 4.69) is 5.32 Å². The summed E-state index contributed by atoms with van der Waals surface area (Å²) in [6.07, 6.45) is 3.82. The van der Waals surface area contributed by atoms with Crippen LogP contribution in [-0.2, 0) is 11.3 Å². The highest BCUT2D eigenvalue weighted by atomic mass is 16.1. The van der Waals surface area contributed by atoms with E-state index in [1.165, 1.54) is 11.6 Å². The molecule has 2 nitrogen and oxygen atoms in total. The van der Waals surface area contributed by atoms with E-state index in [9.17, 15) is 4.79 Å². The second-order valence-electron chi connectivity index (χ2n) is 2.36. The number of allylic oxidation sites excluding steroid dienone is 1. The third kappa shape index (κ3) is 3.01. The normalized spacial score (nSPS) is 10.0. The Morgan fingerprint density at radius 3 is 2.67 bits per heavy atom. The van der Waals surface area contributed by atoms with Crippen LogP contribution in [0.2, 0.25) is 0 Å². The Balaban J connectivity index is 2.33. The highest BCUT2D eigenvalue weighted by Crippen LogP contribution is 1.96. The summed E-state index contributed by atoms with van der Waals surface area (Å²) in [7, 11) is 0. The lowest BCUT2D eigenvalue weighted by molar-refractivity contribution is -0.104. The minimum atomic E-state index is 0.748. The number of carbonyl (C=O) groups excluding carboxylic acids is 1. The summed E-state index contributed by atoms with van der Waals surface area (Å²) in [6, 6.07) is 10.0. The molecule has 0 aliphatic rings. The summed E-state index contributed by atoms with van der Waals surface area (Å²) >= 11 is 0. The minimum Gasteiger partial charge on any atom is -0.387 e. The topological polar surface area (TPSA) is 29.1 Å². The molecule has 2 heteroatoms. The fourth-order valence-electron chi connectivity index (χ4n) is 0.880. The summed E-state index contributed by atoms with van der Waals surface area (Å²) in [4.78, 5) is 9.89. The summed E-state index contributed by atoms with van der Waals surface area (Å²) in [5, 5.41) is 2.99. The van der Waals surface area contributed by atoms with Crippen molar-refractivity contribution in [2.24, 2.45) is 0 Å². The molecule has 1 aromatic carbocycles. The van der Waals surface area contributed by atoms with E-state index in [4.69, 9.17) is 0 Å². The first-order chi connectivity index (χ1) is 5.93. The van der Waals surface area contributed by atoms with E-state index in [0.717, 1.165) is 12.8 Å². The van der Waals surface area contributed by atoms with Gasteiger partial charge in [-0.1, -0.05) is 30.3 Å². The maximum absolute atomic E-state index is 9.89. The van der Waals surface area contributed by atoms with Crippen LogP contribution in [0.4, 0.5) is 0 Å². The largest absolute Gasteiger partial charge is 0.387 e. The molecular weight excluding hydrogens is 150 g/mol. The van der Waals surface area contributed by atoms with Gasteiger partial charge in [-0.05, 0) is 17.8 Å². The molecule has 0 heterocycles. The van der Waals surface area contributed by atoms with Crippen molar-refractivity contribution in [3.63, 3.8) is 0 Å². The first-order valence-corrected chi connectivity index (χ1v) is 3.81. The van der Waals surface area contributed by atoms with Crippen LogP contribution in [0.1, 0.15) is 5.56 Å². The fourth-order valence-corrected chi connectivity index (χ4v) is 0.880. The molecule has 0 fully saturated rings. The van der Waals surface area contributed by atoms with Gasteiger partial charge in [0, 0.05) is 6.54 Å². The molecule has 0 aliphatic heterocycles. The van der Waals surface area contributed by atoms with Gasteiger partial charge < -0.3 is 5.32 Å². The molecule has 0 atom stereocenters. The van der Waals surface area contributed by atoms with Crippen LogP contribution in [-0.4, -0.2) is 6.29 Å². The molecule has 1 N–H and O–H groups in total. The summed E-state index contributed by atoms with van der Waals surface area (Å²) in [6.45, 7) is 0.755. The van der Waals surface area contributed by atoms with Crippen LogP contribution in [0.3, 0.4) is 0 Å². The summed E-state index contributed by atoms with van der Waals surface area (Å²) in [5.41, 5.74) is 1.20. The van der Waals surface area contributed by atoms with E-state index in [1.807, 2.05) is 30.3 Å². The molecule has 0 bridgehead atoms. The molecule has 1 aromatic rings. The fraction of sp³-hybridized carbons (Fsp3) is 0.100. The zero-order valence-corrected chi connectivity index (χ0v) is 6.73. The van der Waals surface area contributed by atoms with Crippen LogP contribution in [0.5, 0.6) is 0 Å². The lowest BCUT2D eigenvalue weighted by Gasteiger charge is -1.98. The van der Waals surface area contributed by atoms with Crippen molar-refractivity contribution < 1.29 is 4.79 Å². The van der Waals surface area contributed by atoms with Crippen molar-refractivity contribution in [3.8, 4) is 0 Å². The highest BCUT2D eigenvalue weighted by Gasteiger charge is 1.85. The first-order valence-electron chi connectivity index (χ1n) is 3.81. The smallest absolute Gasteiger partial charge is 0.144 e. The zero-order valence-electron chi connectivity index (χ0n) is 6.73. The molecular formula is C10H11NO. The molecule has 12 heavy (non-hydrogen) atoms. The molecule has 0 spiro atoms. The average molecular weight is 161 g/mol. The van der Waals surface area contributed by atoms with Crippen molar-refractivity contribution in [2.45, 2.75) is 6.54 Å². The summed E-state index contributed by atoms with van der Waals surface area (Å²) in [5.74, 6) is 0. The van der Waals surface area contributed by atoms with Gasteiger partial charge in [0.1, 0.15) is 6.29 Å². The third-order valence-corrected chi connectivity index (χ3v) is 1.44. The molecule has 0 aliphatic carbocycles. The standard InChI is InChI=1S/C10H11NO/c12-8-4-7-11-9-10-5-2-1-3-6-10/h1-8,11H,9H2. The van der Waals surface area contributed by atoms with E-state index in [1.54, 1.807) is 6.20 Å². The van der Waals surface area contributed by atoms with Gasteiger partial charge in [-0.3, -0.25) is 4.79 Å². The number of carbonyl (C=O) groups is 1. The Kier molecular flexibility index (Phi) is 3.64. The highest BCUT2D eigenvalue weighted by molar-refractivity contribution is 5.64. The van der Waals surface area contributed by atoms with Crippen molar-refractivity contribution in [3.05, 3.63) is 48.2 Å². The monoisotopic (exact) mass is 161 g/mol. The number of hydrogen-bond acceptors (Lipinski definition) is 2. The number of aldehydes is 1. The van der Waals surface area contributed by atoms with Crippen LogP contribution in [0.15, 0.2) is 42.6 Å². The van der Waals surface area contributed by atoms with Gasteiger partial charge in [-0.15, -0.1) is 0 Å². The van der Waals surface area contributed by atoms with Gasteiger partial charge in [0.05, 0.1) is 0 Å². The van der Waals surface area contributed by atoms with Crippen molar-refractivity contribution >= 4 is 6.29 Å². The lowest BCUT2D eigenvalue weighted by atomic mass is 10.2. The van der Waals surface area contributed by atoms with E-state index in [-0.39, 0.29) is 0 Å². The van der Waals surface area contributed by atoms with Crippen molar-refractivity contribution in [2.75, 3.05) is 0 Å². The molecule has 1 rings (SSSR count). The quantitative estimate of drug-likeness (QED) is 0.535. The molecule has 0 unspecified atom stereocenters. The minimum absolute atomic E-state index is 0.748. The van der Waals surface area contributed by atoms with Crippen molar-refractivity contribution in [1.82, 2.24) is 5.32 Å². The SMILES string of the molecule is O=CC=CNCc1ccccc1. The predicted molar refractivity (Wildman–Crippen MR) is 48.5 cm³/mol. The Morgan fingerprint density at radius 1 is 1.25 bits per heavy atom. The number of hydrogen-bond donors (Lipinski definition) is 1. The molecule has 62 valence electrons. The van der Waals surface area contributed by atoms with Crippen LogP contribution >= 0.6 is 0 Å².